The summed E-state index contributed by atoms with van der Waals surface area (Å²) in [6.45, 7) is 1.84. The van der Waals surface area contributed by atoms with Gasteiger partial charge in [0.25, 0.3) is 11.9 Å². The van der Waals surface area contributed by atoms with Gasteiger partial charge >= 0.3 is 0 Å². The van der Waals surface area contributed by atoms with Gasteiger partial charge in [0.1, 0.15) is 21.0 Å². The predicted octanol–water partition coefficient (Wildman–Crippen LogP) is 2.64. The Hall–Kier alpha value is -4.54. The highest BCUT2D eigenvalue weighted by Crippen LogP contribution is 2.30. The van der Waals surface area contributed by atoms with Crippen LogP contribution in [0.25, 0.3) is 21.1 Å². The van der Waals surface area contributed by atoms with Gasteiger partial charge in [-0.25, -0.2) is 38.2 Å². The van der Waals surface area contributed by atoms with Crippen LogP contribution in [0.3, 0.4) is 0 Å². The number of carbonyl (C=O) groups excluding carboxylic acids is 1. The van der Waals surface area contributed by atoms with E-state index >= 15 is 0 Å². The van der Waals surface area contributed by atoms with Crippen molar-refractivity contribution in [3.63, 3.8) is 0 Å². The average Bonchev–Trinajstić information content (AvgIpc) is 3.60. The minimum Gasteiger partial charge on any atom is -0.349 e. The SMILES string of the molecule is CS(=O)(=O)NC(=O)c1cccc(-c2cnc(-c3cccnc3)s2)n1.O=[N+]([O-])/N=C1/NCCN1Cc1ccc(Cl)nc1. The molecule has 17 heteroatoms. The summed E-state index contributed by atoms with van der Waals surface area (Å²) >= 11 is 7.08. The summed E-state index contributed by atoms with van der Waals surface area (Å²) < 4.78 is 24.2. The molecule has 212 valence electrons. The van der Waals surface area contributed by atoms with Gasteiger partial charge in [0, 0.05) is 50.0 Å². The molecule has 0 spiro atoms. The molecule has 0 bridgehead atoms. The molecule has 1 fully saturated rings. The van der Waals surface area contributed by atoms with Gasteiger partial charge in [-0.2, -0.15) is 0 Å². The zero-order chi connectivity index (χ0) is 29.4. The quantitative estimate of drug-likeness (QED) is 0.177. The number of pyridine rings is 3. The second kappa shape index (κ2) is 13.2. The summed E-state index contributed by atoms with van der Waals surface area (Å²) in [6.07, 6.45) is 7.62. The van der Waals surface area contributed by atoms with Crippen molar-refractivity contribution in [3.8, 4) is 21.1 Å². The van der Waals surface area contributed by atoms with Gasteiger partial charge in [0.05, 0.1) is 16.8 Å². The summed E-state index contributed by atoms with van der Waals surface area (Å²) in [5.41, 5.74) is 2.38. The fourth-order valence-electron chi connectivity index (χ4n) is 3.50. The van der Waals surface area contributed by atoms with Gasteiger partial charge in [-0.05, 0) is 35.9 Å². The maximum absolute atomic E-state index is 11.9. The zero-order valence-corrected chi connectivity index (χ0v) is 23.7. The van der Waals surface area contributed by atoms with E-state index in [0.29, 0.717) is 30.5 Å². The number of aromatic nitrogens is 4. The Balaban J connectivity index is 0.000000201. The van der Waals surface area contributed by atoms with Crippen molar-refractivity contribution in [1.82, 2.24) is 34.9 Å². The highest BCUT2D eigenvalue weighted by Gasteiger charge is 2.21. The van der Waals surface area contributed by atoms with Crippen molar-refractivity contribution in [2.75, 3.05) is 19.3 Å². The second-order valence-electron chi connectivity index (χ2n) is 8.38. The molecule has 1 saturated heterocycles. The highest BCUT2D eigenvalue weighted by atomic mass is 35.5. The molecule has 0 atom stereocenters. The first kappa shape index (κ1) is 29.4. The first-order valence-electron chi connectivity index (χ1n) is 11.8. The summed E-state index contributed by atoms with van der Waals surface area (Å²) in [7, 11) is -3.64. The van der Waals surface area contributed by atoms with Gasteiger partial charge in [0.2, 0.25) is 10.0 Å². The molecular formula is C24H22ClN9O5S2. The van der Waals surface area contributed by atoms with E-state index in [-0.39, 0.29) is 11.7 Å². The third kappa shape index (κ3) is 8.72. The Morgan fingerprint density at radius 1 is 1.20 bits per heavy atom. The molecule has 0 aliphatic carbocycles. The molecule has 1 aliphatic heterocycles. The molecule has 5 rings (SSSR count). The number of hydrogen-bond donors (Lipinski definition) is 2. The fraction of sp³-hybridized carbons (Fsp3) is 0.167. The van der Waals surface area contributed by atoms with E-state index in [1.165, 1.54) is 17.4 Å². The largest absolute Gasteiger partial charge is 0.349 e. The number of guanidine groups is 1. The zero-order valence-electron chi connectivity index (χ0n) is 21.3. The molecule has 2 N–H and O–H groups in total. The van der Waals surface area contributed by atoms with Gasteiger partial charge in [-0.15, -0.1) is 11.3 Å². The number of amides is 1. The minimum atomic E-state index is -3.64. The van der Waals surface area contributed by atoms with Gasteiger partial charge in [0.15, 0.2) is 5.03 Å². The standard InChI is InChI=1S/C15H12N4O3S2.C9H10ClN5O2/c1-24(21,22)19-14(20)12-6-2-5-11(18-12)13-9-17-15(23-13)10-4-3-7-16-8-10;10-8-2-1-7(5-12-8)6-14-4-3-11-9(14)13-15(16)17/h2-9H,1H3,(H,19,20);1-2,5H,3-4,6H2,(H,11,13). The Labute approximate surface area is 243 Å². The third-order valence-corrected chi connectivity index (χ3v) is 7.08. The van der Waals surface area contributed by atoms with Crippen LogP contribution in [-0.4, -0.2) is 69.5 Å². The summed E-state index contributed by atoms with van der Waals surface area (Å²) in [5, 5.41) is 17.0. The van der Waals surface area contributed by atoms with E-state index < -0.39 is 21.0 Å². The van der Waals surface area contributed by atoms with Crippen LogP contribution >= 0.6 is 22.9 Å². The third-order valence-electron chi connectivity index (χ3n) is 5.23. The van der Waals surface area contributed by atoms with Crippen LogP contribution in [-0.2, 0) is 16.6 Å². The van der Waals surface area contributed by atoms with Crippen molar-refractivity contribution in [2.24, 2.45) is 5.10 Å². The normalized spacial score (nSPS) is 13.7. The molecule has 1 amide bonds. The van der Waals surface area contributed by atoms with Gasteiger partial charge in [-0.1, -0.05) is 23.7 Å². The van der Waals surface area contributed by atoms with Crippen LogP contribution in [0.4, 0.5) is 0 Å². The van der Waals surface area contributed by atoms with E-state index in [4.69, 9.17) is 11.6 Å². The lowest BCUT2D eigenvalue weighted by atomic mass is 10.3. The maximum Gasteiger partial charge on any atom is 0.283 e. The highest BCUT2D eigenvalue weighted by molar-refractivity contribution is 7.89. The number of rotatable bonds is 7. The second-order valence-corrected chi connectivity index (χ2v) is 11.5. The monoisotopic (exact) mass is 615 g/mol. The lowest BCUT2D eigenvalue weighted by Gasteiger charge is -2.14. The van der Waals surface area contributed by atoms with Crippen molar-refractivity contribution >= 4 is 44.8 Å². The van der Waals surface area contributed by atoms with E-state index in [9.17, 15) is 23.3 Å². The predicted molar refractivity (Wildman–Crippen MR) is 153 cm³/mol. The van der Waals surface area contributed by atoms with Crippen molar-refractivity contribution in [1.29, 1.82) is 0 Å². The first-order valence-corrected chi connectivity index (χ1v) is 14.8. The summed E-state index contributed by atoms with van der Waals surface area (Å²) in [4.78, 5) is 41.3. The lowest BCUT2D eigenvalue weighted by Crippen LogP contribution is -2.30. The van der Waals surface area contributed by atoms with Crippen LogP contribution < -0.4 is 10.0 Å². The molecular weight excluding hydrogens is 594 g/mol. The van der Waals surface area contributed by atoms with Crippen LogP contribution in [0.5, 0.6) is 0 Å². The van der Waals surface area contributed by atoms with Crippen molar-refractivity contribution < 1.29 is 18.2 Å². The molecule has 0 saturated carbocycles. The molecule has 14 nitrogen and oxygen atoms in total. The van der Waals surface area contributed by atoms with Crippen LogP contribution in [0.15, 0.2) is 72.4 Å². The molecule has 0 radical (unpaired) electrons. The number of nitro groups is 1. The Morgan fingerprint density at radius 3 is 2.71 bits per heavy atom. The number of nitrogens with zero attached hydrogens (tertiary/aromatic N) is 7. The summed E-state index contributed by atoms with van der Waals surface area (Å²) in [6, 6.07) is 12.1. The lowest BCUT2D eigenvalue weighted by molar-refractivity contribution is -0.485. The van der Waals surface area contributed by atoms with Gasteiger partial charge in [-0.3, -0.25) is 9.78 Å². The Bertz CT molecular complexity index is 1670. The van der Waals surface area contributed by atoms with E-state index in [1.807, 2.05) is 22.9 Å². The number of thiazole rings is 1. The molecule has 4 aromatic heterocycles. The topological polar surface area (TPSA) is 186 Å². The van der Waals surface area contributed by atoms with Crippen molar-refractivity contribution in [3.05, 3.63) is 93.8 Å². The number of nitrogens with one attached hydrogen (secondary N) is 2. The number of sulfonamides is 1. The smallest absolute Gasteiger partial charge is 0.283 e. The van der Waals surface area contributed by atoms with Crippen LogP contribution in [0, 0.1) is 10.1 Å². The molecule has 41 heavy (non-hydrogen) atoms. The summed E-state index contributed by atoms with van der Waals surface area (Å²) in [5.74, 6) is -0.485. The fourth-order valence-corrected chi connectivity index (χ4v) is 4.93. The number of hydrogen-bond acceptors (Lipinski definition) is 10. The van der Waals surface area contributed by atoms with E-state index in [1.54, 1.807) is 47.9 Å². The molecule has 0 unspecified atom stereocenters. The average molecular weight is 616 g/mol. The Kier molecular flexibility index (Phi) is 9.49. The number of hydrazone groups is 1. The van der Waals surface area contributed by atoms with E-state index in [0.717, 1.165) is 27.3 Å². The minimum absolute atomic E-state index is 0.0225. The molecule has 1 aliphatic rings. The number of halogens is 1. The van der Waals surface area contributed by atoms with Gasteiger partial charge < -0.3 is 10.2 Å². The molecule has 0 aromatic carbocycles. The Morgan fingerprint density at radius 2 is 2.02 bits per heavy atom. The molecule has 4 aromatic rings. The van der Waals surface area contributed by atoms with Crippen molar-refractivity contribution in [2.45, 2.75) is 6.54 Å². The molecule has 5 heterocycles. The van der Waals surface area contributed by atoms with Crippen LogP contribution in [0.1, 0.15) is 16.1 Å². The van der Waals surface area contributed by atoms with Crippen LogP contribution in [0.2, 0.25) is 5.15 Å². The van der Waals surface area contributed by atoms with E-state index in [2.05, 4.69) is 30.4 Å². The first-order chi connectivity index (χ1) is 19.6. The maximum atomic E-state index is 11.9. The number of carbonyl (C=O) groups is 1.